The normalized spacial score (nSPS) is 14.7. The molecule has 0 spiro atoms. The minimum absolute atomic E-state index is 0.0288. The van der Waals surface area contributed by atoms with E-state index in [9.17, 15) is 9.59 Å². The minimum Gasteiger partial charge on any atom is -0.355 e. The van der Waals surface area contributed by atoms with Crippen molar-refractivity contribution in [3.05, 3.63) is 35.9 Å². The lowest BCUT2D eigenvalue weighted by Gasteiger charge is -2.19. The largest absolute Gasteiger partial charge is 0.355 e. The van der Waals surface area contributed by atoms with Crippen LogP contribution in [0.1, 0.15) is 37.7 Å². The van der Waals surface area contributed by atoms with Gasteiger partial charge in [-0.3, -0.25) is 9.59 Å². The fourth-order valence-electron chi connectivity index (χ4n) is 3.06. The Bertz CT molecular complexity index is 745. The van der Waals surface area contributed by atoms with Crippen molar-refractivity contribution in [2.24, 2.45) is 5.92 Å². The van der Waals surface area contributed by atoms with Crippen LogP contribution in [0.4, 0.5) is 5.13 Å². The Morgan fingerprint density at radius 2 is 1.89 bits per heavy atom. The molecule has 0 bridgehead atoms. The molecule has 1 aromatic carbocycles. The highest BCUT2D eigenvalue weighted by atomic mass is 32.2. The van der Waals surface area contributed by atoms with Crippen LogP contribution in [-0.2, 0) is 16.0 Å². The fraction of sp³-hybridized carbons (Fsp3) is 0.474. The molecule has 0 radical (unpaired) electrons. The first-order chi connectivity index (χ1) is 13.2. The number of aromatic nitrogens is 2. The van der Waals surface area contributed by atoms with E-state index in [0.29, 0.717) is 21.8 Å². The summed E-state index contributed by atoms with van der Waals surface area (Å²) in [6, 6.07) is 10.1. The lowest BCUT2D eigenvalue weighted by atomic mass is 9.89. The predicted octanol–water partition coefficient (Wildman–Crippen LogP) is 3.51. The fourth-order valence-corrected chi connectivity index (χ4v) is 4.64. The summed E-state index contributed by atoms with van der Waals surface area (Å²) in [5, 5.41) is 14.4. The van der Waals surface area contributed by atoms with Crippen molar-refractivity contribution in [2.75, 3.05) is 17.6 Å². The molecule has 0 saturated heterocycles. The molecule has 1 heterocycles. The van der Waals surface area contributed by atoms with Gasteiger partial charge in [0.15, 0.2) is 4.34 Å². The van der Waals surface area contributed by atoms with Crippen molar-refractivity contribution in [1.29, 1.82) is 0 Å². The molecule has 0 atom stereocenters. The molecule has 0 unspecified atom stereocenters. The summed E-state index contributed by atoms with van der Waals surface area (Å²) in [7, 11) is 0. The molecule has 3 rings (SSSR count). The first-order valence-electron chi connectivity index (χ1n) is 9.28. The van der Waals surface area contributed by atoms with E-state index in [1.807, 2.05) is 30.3 Å². The third kappa shape index (κ3) is 6.62. The van der Waals surface area contributed by atoms with Gasteiger partial charge in [0.25, 0.3) is 0 Å². The van der Waals surface area contributed by atoms with Crippen LogP contribution in [0.25, 0.3) is 0 Å². The van der Waals surface area contributed by atoms with E-state index < -0.39 is 0 Å². The minimum atomic E-state index is -0.0288. The summed E-state index contributed by atoms with van der Waals surface area (Å²) in [4.78, 5) is 24.2. The second-order valence-corrected chi connectivity index (χ2v) is 8.77. The van der Waals surface area contributed by atoms with Crippen molar-refractivity contribution >= 4 is 40.0 Å². The van der Waals surface area contributed by atoms with Gasteiger partial charge >= 0.3 is 0 Å². The Balaban J connectivity index is 1.36. The molecule has 144 valence electrons. The molecule has 8 heteroatoms. The van der Waals surface area contributed by atoms with Gasteiger partial charge in [-0.15, -0.1) is 10.2 Å². The first-order valence-corrected chi connectivity index (χ1v) is 11.1. The molecule has 6 nitrogen and oxygen atoms in total. The average Bonchev–Trinajstić information content (AvgIpc) is 3.15. The van der Waals surface area contributed by atoms with E-state index in [0.717, 1.165) is 32.1 Å². The number of rotatable bonds is 8. The maximum absolute atomic E-state index is 12.2. The number of hydrogen-bond donors (Lipinski definition) is 2. The van der Waals surface area contributed by atoms with Crippen LogP contribution in [0.3, 0.4) is 0 Å². The molecule has 1 saturated carbocycles. The van der Waals surface area contributed by atoms with Gasteiger partial charge in [0.2, 0.25) is 16.9 Å². The van der Waals surface area contributed by atoms with Crippen molar-refractivity contribution in [1.82, 2.24) is 15.5 Å². The van der Waals surface area contributed by atoms with Crippen LogP contribution in [0.5, 0.6) is 0 Å². The van der Waals surface area contributed by atoms with E-state index in [1.165, 1.54) is 35.1 Å². The Morgan fingerprint density at radius 1 is 1.11 bits per heavy atom. The van der Waals surface area contributed by atoms with Crippen molar-refractivity contribution in [3.8, 4) is 0 Å². The zero-order valence-corrected chi connectivity index (χ0v) is 16.8. The van der Waals surface area contributed by atoms with Crippen molar-refractivity contribution < 1.29 is 9.59 Å². The summed E-state index contributed by atoms with van der Waals surface area (Å²) in [5.41, 5.74) is 1.20. The number of anilines is 1. The maximum atomic E-state index is 12.2. The van der Waals surface area contributed by atoms with Gasteiger partial charge in [0.05, 0.1) is 5.75 Å². The number of benzene rings is 1. The highest BCUT2D eigenvalue weighted by Gasteiger charge is 2.22. The molecule has 2 N–H and O–H groups in total. The second-order valence-electron chi connectivity index (χ2n) is 6.57. The monoisotopic (exact) mass is 404 g/mol. The van der Waals surface area contributed by atoms with E-state index in [4.69, 9.17) is 0 Å². The summed E-state index contributed by atoms with van der Waals surface area (Å²) < 4.78 is 0.687. The Morgan fingerprint density at radius 3 is 2.67 bits per heavy atom. The number of nitrogens with zero attached hydrogens (tertiary/aromatic N) is 2. The summed E-state index contributed by atoms with van der Waals surface area (Å²) in [6.45, 7) is 0.613. The second kappa shape index (κ2) is 10.4. The van der Waals surface area contributed by atoms with Gasteiger partial charge in [-0.1, -0.05) is 72.7 Å². The highest BCUT2D eigenvalue weighted by molar-refractivity contribution is 8.01. The van der Waals surface area contributed by atoms with Gasteiger partial charge in [0, 0.05) is 12.5 Å². The Hall–Kier alpha value is -1.93. The predicted molar refractivity (Wildman–Crippen MR) is 109 cm³/mol. The number of hydrogen-bond acceptors (Lipinski definition) is 6. The number of amides is 2. The third-order valence-corrected chi connectivity index (χ3v) is 6.49. The van der Waals surface area contributed by atoms with E-state index in [1.54, 1.807) is 0 Å². The molecule has 27 heavy (non-hydrogen) atoms. The van der Waals surface area contributed by atoms with Crippen molar-refractivity contribution in [2.45, 2.75) is 42.9 Å². The zero-order valence-electron chi connectivity index (χ0n) is 15.1. The van der Waals surface area contributed by atoms with Crippen LogP contribution in [0, 0.1) is 5.92 Å². The van der Waals surface area contributed by atoms with Crippen LogP contribution >= 0.6 is 23.1 Å². The van der Waals surface area contributed by atoms with Crippen LogP contribution < -0.4 is 10.6 Å². The van der Waals surface area contributed by atoms with E-state index >= 15 is 0 Å². The third-order valence-electron chi connectivity index (χ3n) is 4.52. The van der Waals surface area contributed by atoms with Crippen molar-refractivity contribution in [3.63, 3.8) is 0 Å². The topological polar surface area (TPSA) is 84.0 Å². The van der Waals surface area contributed by atoms with E-state index in [2.05, 4.69) is 20.8 Å². The number of thioether (sulfide) groups is 1. The van der Waals surface area contributed by atoms with Gasteiger partial charge in [-0.25, -0.2) is 0 Å². The lowest BCUT2D eigenvalue weighted by molar-refractivity contribution is -0.121. The van der Waals surface area contributed by atoms with Crippen LogP contribution in [-0.4, -0.2) is 34.3 Å². The molecule has 1 aliphatic carbocycles. The van der Waals surface area contributed by atoms with Crippen LogP contribution in [0.15, 0.2) is 34.7 Å². The number of carbonyl (C=O) groups is 2. The standard InChI is InChI=1S/C19H24N4O2S2/c24-16(20-12-11-14-7-3-1-4-8-14)13-26-19-23-22-18(27-19)21-17(25)15-9-5-2-6-10-15/h1,3-4,7-8,15H,2,5-6,9-13H2,(H,20,24)(H,21,22,25). The molecule has 1 fully saturated rings. The Kier molecular flexibility index (Phi) is 7.65. The van der Waals surface area contributed by atoms with Gasteiger partial charge < -0.3 is 10.6 Å². The highest BCUT2D eigenvalue weighted by Crippen LogP contribution is 2.28. The Labute approximate surface area is 167 Å². The SMILES string of the molecule is O=C(CSc1nnc(NC(=O)C2CCCCC2)s1)NCCc1ccccc1. The first kappa shape index (κ1) is 19.8. The van der Waals surface area contributed by atoms with E-state index in [-0.39, 0.29) is 17.7 Å². The summed E-state index contributed by atoms with van der Waals surface area (Å²) in [5.74, 6) is 0.397. The quantitative estimate of drug-likeness (QED) is 0.520. The number of carbonyl (C=O) groups excluding carboxylic acids is 2. The lowest BCUT2D eigenvalue weighted by Crippen LogP contribution is -2.27. The zero-order chi connectivity index (χ0) is 18.9. The van der Waals surface area contributed by atoms with Gasteiger partial charge in [-0.05, 0) is 24.8 Å². The van der Waals surface area contributed by atoms with Gasteiger partial charge in [0.1, 0.15) is 0 Å². The molecular formula is C19H24N4O2S2. The summed E-state index contributed by atoms with van der Waals surface area (Å²) >= 11 is 2.66. The molecule has 1 aliphatic rings. The molecule has 2 amide bonds. The molecule has 1 aromatic heterocycles. The maximum Gasteiger partial charge on any atom is 0.230 e. The number of nitrogens with one attached hydrogen (secondary N) is 2. The molecule has 2 aromatic rings. The average molecular weight is 405 g/mol. The molecular weight excluding hydrogens is 380 g/mol. The van der Waals surface area contributed by atoms with Gasteiger partial charge in [-0.2, -0.15) is 0 Å². The van der Waals surface area contributed by atoms with Crippen LogP contribution in [0.2, 0.25) is 0 Å². The summed E-state index contributed by atoms with van der Waals surface area (Å²) in [6.07, 6.45) is 6.18. The smallest absolute Gasteiger partial charge is 0.230 e. The molecule has 0 aliphatic heterocycles.